The lowest BCUT2D eigenvalue weighted by Crippen LogP contribution is -2.11. The van der Waals surface area contributed by atoms with Crippen LogP contribution < -0.4 is 16.2 Å². The van der Waals surface area contributed by atoms with E-state index in [2.05, 4.69) is 15.2 Å². The van der Waals surface area contributed by atoms with E-state index in [1.165, 1.54) is 17.9 Å². The van der Waals surface area contributed by atoms with Crippen LogP contribution in [0.1, 0.15) is 16.1 Å². The van der Waals surface area contributed by atoms with Crippen LogP contribution in [0.15, 0.2) is 79.0 Å². The number of carbonyl (C=O) groups excluding carboxylic acids is 1. The summed E-state index contributed by atoms with van der Waals surface area (Å²) in [6, 6.07) is 23.8. The van der Waals surface area contributed by atoms with Crippen LogP contribution >= 0.6 is 0 Å². The molecule has 37 heavy (non-hydrogen) atoms. The molecule has 0 saturated carbocycles. The Morgan fingerprint density at radius 2 is 1.76 bits per heavy atom. The highest BCUT2D eigenvalue weighted by atomic mass is 16.5. The van der Waals surface area contributed by atoms with E-state index in [9.17, 15) is 10.1 Å². The van der Waals surface area contributed by atoms with Gasteiger partial charge in [-0.25, -0.2) is 9.78 Å². The second-order valence-corrected chi connectivity index (χ2v) is 8.04. The number of aromatic nitrogens is 4. The molecule has 0 saturated heterocycles. The fourth-order valence-electron chi connectivity index (χ4n) is 3.81. The van der Waals surface area contributed by atoms with Crippen molar-refractivity contribution >= 4 is 17.3 Å². The summed E-state index contributed by atoms with van der Waals surface area (Å²) in [5, 5.41) is 16.7. The van der Waals surface area contributed by atoms with Crippen LogP contribution in [-0.4, -0.2) is 32.8 Å². The van der Waals surface area contributed by atoms with Gasteiger partial charge in [-0.05, 0) is 48.5 Å². The second kappa shape index (κ2) is 9.59. The predicted octanol–water partition coefficient (Wildman–Crippen LogP) is 4.54. The minimum atomic E-state index is -0.648. The number of nitrogens with two attached hydrogens (primary N) is 2. The Balaban J connectivity index is 1.45. The molecule has 0 atom stereocenters. The quantitative estimate of drug-likeness (QED) is 0.231. The van der Waals surface area contributed by atoms with Crippen LogP contribution in [0.5, 0.6) is 11.5 Å². The van der Waals surface area contributed by atoms with Gasteiger partial charge in [0.2, 0.25) is 0 Å². The van der Waals surface area contributed by atoms with Crippen molar-refractivity contribution in [2.75, 3.05) is 18.6 Å². The molecule has 10 heteroatoms. The minimum Gasteiger partial charge on any atom is -0.464 e. The van der Waals surface area contributed by atoms with Gasteiger partial charge in [0.05, 0.1) is 18.4 Å². The summed E-state index contributed by atoms with van der Waals surface area (Å²) in [5.74, 6) is 1.65. The molecule has 0 radical (unpaired) electrons. The molecule has 0 unspecified atom stereocenters. The Bertz CT molecular complexity index is 1650. The molecule has 5 aromatic rings. The van der Waals surface area contributed by atoms with Gasteiger partial charge in [-0.3, -0.25) is 5.10 Å². The van der Waals surface area contributed by atoms with E-state index >= 15 is 0 Å². The van der Waals surface area contributed by atoms with Gasteiger partial charge in [0.25, 0.3) is 0 Å². The molecule has 10 nitrogen and oxygen atoms in total. The van der Waals surface area contributed by atoms with Crippen molar-refractivity contribution in [1.29, 1.82) is 5.26 Å². The van der Waals surface area contributed by atoms with E-state index < -0.39 is 5.97 Å². The molecule has 0 bridgehead atoms. The van der Waals surface area contributed by atoms with E-state index in [-0.39, 0.29) is 16.9 Å². The summed E-state index contributed by atoms with van der Waals surface area (Å²) in [4.78, 5) is 17.0. The normalized spacial score (nSPS) is 10.6. The highest BCUT2D eigenvalue weighted by Crippen LogP contribution is 2.29. The molecule has 5 N–H and O–H groups in total. The van der Waals surface area contributed by atoms with E-state index in [1.54, 1.807) is 42.5 Å². The lowest BCUT2D eigenvalue weighted by atomic mass is 10.1. The molecule has 0 aliphatic heterocycles. The van der Waals surface area contributed by atoms with Gasteiger partial charge < -0.3 is 25.5 Å². The number of ether oxygens (including phenoxy) is 2. The molecule has 3 aromatic carbocycles. The third-order valence-electron chi connectivity index (χ3n) is 5.63. The van der Waals surface area contributed by atoms with Gasteiger partial charge >= 0.3 is 5.97 Å². The smallest absolute Gasteiger partial charge is 0.357 e. The van der Waals surface area contributed by atoms with E-state index in [0.717, 1.165) is 5.56 Å². The monoisotopic (exact) mass is 491 g/mol. The number of hydrogen-bond donors (Lipinski definition) is 3. The first-order valence-corrected chi connectivity index (χ1v) is 11.1. The molecule has 2 aromatic heterocycles. The van der Waals surface area contributed by atoms with Gasteiger partial charge in [0.1, 0.15) is 17.6 Å². The first-order valence-electron chi connectivity index (χ1n) is 11.1. The minimum absolute atomic E-state index is 0.0565. The van der Waals surface area contributed by atoms with Crippen LogP contribution in [-0.2, 0) is 4.74 Å². The molecular formula is C27H21N7O3. The maximum Gasteiger partial charge on any atom is 0.357 e. The number of nitrogens with zero attached hydrogens (tertiary/aromatic N) is 4. The lowest BCUT2D eigenvalue weighted by molar-refractivity contribution is 0.0593. The molecule has 0 spiro atoms. The predicted molar refractivity (Wildman–Crippen MR) is 138 cm³/mol. The van der Waals surface area contributed by atoms with Crippen molar-refractivity contribution in [3.05, 3.63) is 90.3 Å². The summed E-state index contributed by atoms with van der Waals surface area (Å²) in [6.07, 6.45) is 1.50. The Morgan fingerprint density at radius 1 is 1.00 bits per heavy atom. The average Bonchev–Trinajstić information content (AvgIpc) is 3.55. The van der Waals surface area contributed by atoms with Crippen molar-refractivity contribution in [2.45, 2.75) is 0 Å². The average molecular weight is 492 g/mol. The number of nitrogens with one attached hydrogen (secondary N) is 1. The van der Waals surface area contributed by atoms with Crippen molar-refractivity contribution < 1.29 is 14.3 Å². The fourth-order valence-corrected chi connectivity index (χ4v) is 3.81. The zero-order chi connectivity index (χ0) is 25.9. The third kappa shape index (κ3) is 4.56. The van der Waals surface area contributed by atoms with E-state index in [1.807, 2.05) is 36.4 Å². The number of esters is 1. The third-order valence-corrected chi connectivity index (χ3v) is 5.63. The highest BCUT2D eigenvalue weighted by Gasteiger charge is 2.22. The Kier molecular flexibility index (Phi) is 6.01. The maximum atomic E-state index is 12.4. The molecule has 0 aliphatic rings. The molecule has 5 rings (SSSR count). The van der Waals surface area contributed by atoms with Crippen molar-refractivity contribution in [3.63, 3.8) is 0 Å². The summed E-state index contributed by atoms with van der Waals surface area (Å²) < 4.78 is 12.3. The number of H-pyrrole nitrogens is 1. The van der Waals surface area contributed by atoms with Gasteiger partial charge in [-0.2, -0.15) is 10.4 Å². The number of nitrogen functional groups attached to an aromatic ring is 2. The fraction of sp³-hybridized carbons (Fsp3) is 0.0370. The Morgan fingerprint density at radius 3 is 2.51 bits per heavy atom. The van der Waals surface area contributed by atoms with Crippen LogP contribution in [0.4, 0.5) is 11.4 Å². The summed E-state index contributed by atoms with van der Waals surface area (Å²) in [6.45, 7) is 0. The largest absolute Gasteiger partial charge is 0.464 e. The van der Waals surface area contributed by atoms with Gasteiger partial charge in [0.15, 0.2) is 17.3 Å². The summed E-state index contributed by atoms with van der Waals surface area (Å²) in [7, 11) is 1.26. The molecule has 0 amide bonds. The molecule has 0 aliphatic carbocycles. The van der Waals surface area contributed by atoms with Crippen LogP contribution in [0.2, 0.25) is 0 Å². The Labute approximate surface area is 211 Å². The number of carbonyl (C=O) groups is 1. The number of hydrogen-bond acceptors (Lipinski definition) is 8. The van der Waals surface area contributed by atoms with Crippen molar-refractivity contribution in [3.8, 4) is 46.0 Å². The van der Waals surface area contributed by atoms with Gasteiger partial charge in [-0.15, -0.1) is 0 Å². The van der Waals surface area contributed by atoms with Crippen molar-refractivity contribution in [1.82, 2.24) is 19.7 Å². The first-order chi connectivity index (χ1) is 18.0. The van der Waals surface area contributed by atoms with Crippen LogP contribution in [0.3, 0.4) is 0 Å². The number of aromatic amines is 1. The summed E-state index contributed by atoms with van der Waals surface area (Å²) in [5.41, 5.74) is 14.8. The topological polar surface area (TPSA) is 158 Å². The number of rotatable bonds is 6. The number of benzene rings is 3. The van der Waals surface area contributed by atoms with E-state index in [0.29, 0.717) is 40.1 Å². The molecule has 2 heterocycles. The lowest BCUT2D eigenvalue weighted by Gasteiger charge is -2.09. The van der Waals surface area contributed by atoms with Gasteiger partial charge in [-0.1, -0.05) is 24.3 Å². The SMILES string of the molecule is COC(=O)c1c(N)c(C#N)cn1-c1cccc(-c2n[nH]c(-c3cccc(Oc4ccc(N)cc4)c3)n2)c1. The molecular weight excluding hydrogens is 470 g/mol. The standard InChI is InChI=1S/C27H21N7O3/c1-36-27(35)24-23(30)18(14-28)15-34(24)20-6-2-4-16(12-20)25-31-26(33-32-25)17-5-3-7-22(13-17)37-21-10-8-19(29)9-11-21/h2-13,15H,29-30H2,1H3,(H,31,32,33). The van der Waals surface area contributed by atoms with Crippen LogP contribution in [0.25, 0.3) is 28.5 Å². The van der Waals surface area contributed by atoms with Crippen LogP contribution in [0, 0.1) is 11.3 Å². The Hall–Kier alpha value is -5.56. The zero-order valence-corrected chi connectivity index (χ0v) is 19.7. The van der Waals surface area contributed by atoms with E-state index in [4.69, 9.17) is 20.9 Å². The maximum absolute atomic E-state index is 12.4. The molecule has 182 valence electrons. The first kappa shape index (κ1) is 23.2. The number of anilines is 2. The highest BCUT2D eigenvalue weighted by molar-refractivity contribution is 5.96. The van der Waals surface area contributed by atoms with Crippen molar-refractivity contribution in [2.24, 2.45) is 0 Å². The zero-order valence-electron chi connectivity index (χ0n) is 19.7. The summed E-state index contributed by atoms with van der Waals surface area (Å²) >= 11 is 0. The van der Waals surface area contributed by atoms with Gasteiger partial charge in [0, 0.05) is 28.7 Å². The second-order valence-electron chi connectivity index (χ2n) is 8.04. The molecule has 0 fully saturated rings. The number of methoxy groups -OCH3 is 1. The number of nitriles is 1.